The third-order valence-electron chi connectivity index (χ3n) is 0.228. The lowest BCUT2D eigenvalue weighted by molar-refractivity contribution is 2.18. The molecule has 0 amide bonds. The topological polar surface area (TPSA) is 0 Å². The van der Waals surface area contributed by atoms with Gasteiger partial charge in [-0.2, -0.15) is 17.8 Å². The zero-order chi connectivity index (χ0) is 4.12. The predicted octanol–water partition coefficient (Wildman–Crippen LogP) is 0.600. The number of thioether (sulfide) groups is 1. The zero-order valence-corrected chi connectivity index (χ0v) is 5.01. The Balaban J connectivity index is 2.48. The van der Waals surface area contributed by atoms with Gasteiger partial charge in [0, 0.05) is 5.38 Å². The summed E-state index contributed by atoms with van der Waals surface area (Å²) in [5, 5.41) is 1.11. The highest BCUT2D eigenvalue weighted by Gasteiger charge is 1.61. The second-order valence-corrected chi connectivity index (χ2v) is 2.78. The molecule has 0 nitrogen and oxygen atoms in total. The molecule has 0 saturated heterocycles. The van der Waals surface area contributed by atoms with Crippen molar-refractivity contribution in [3.63, 3.8) is 0 Å². The lowest BCUT2D eigenvalue weighted by atomic mass is 11.9. The first-order valence-electron chi connectivity index (χ1n) is 1.34. The average Bonchev–Trinajstić information content (AvgIpc) is 1.41. The normalized spacial score (nSPS) is 6.40. The summed E-state index contributed by atoms with van der Waals surface area (Å²) in [5.74, 6) is 0. The van der Waals surface area contributed by atoms with Crippen LogP contribution in [-0.2, 0) is 0 Å². The van der Waals surface area contributed by atoms with Crippen LogP contribution in [0.4, 0.5) is 0 Å². The summed E-state index contributed by atoms with van der Waals surface area (Å²) in [6.45, 7) is 0. The van der Waals surface area contributed by atoms with Crippen LogP contribution < -0.4 is 0 Å². The van der Waals surface area contributed by atoms with E-state index in [1.54, 1.807) is 11.8 Å². The van der Waals surface area contributed by atoms with Crippen molar-refractivity contribution in [3.05, 3.63) is 0 Å². The molecular weight excluding hydrogens is 96.2 g/mol. The first kappa shape index (κ1) is 5.35. The van der Waals surface area contributed by atoms with Crippen LogP contribution in [0.25, 0.3) is 0 Å². The summed E-state index contributed by atoms with van der Waals surface area (Å²) < 4.78 is 0. The molecule has 0 aromatic carbocycles. The first-order valence-corrected chi connectivity index (χ1v) is 4.02. The maximum atomic E-state index is 5.15. The van der Waals surface area contributed by atoms with E-state index in [-0.39, 0.29) is 0 Å². The Hall–Kier alpha value is 0.347. The molecule has 0 spiro atoms. The van der Waals surface area contributed by atoms with Gasteiger partial charge in [0.2, 0.25) is 0 Å². The summed E-state index contributed by atoms with van der Waals surface area (Å²) in [5.41, 5.74) is 0. The Kier molecular flexibility index (Phi) is 4.65. The molecule has 0 aromatic heterocycles. The maximum Gasteiger partial charge on any atom is 0.0315 e. The monoisotopic (exact) mass is 102 g/mol. The van der Waals surface area contributed by atoms with Crippen LogP contribution in [0.3, 0.4) is 0 Å². The molecule has 0 aromatic rings. The van der Waals surface area contributed by atoms with E-state index in [9.17, 15) is 0 Å². The van der Waals surface area contributed by atoms with Crippen molar-refractivity contribution in [1.82, 2.24) is 0 Å². The van der Waals surface area contributed by atoms with E-state index in [1.807, 2.05) is 0 Å². The van der Waals surface area contributed by atoms with E-state index in [0.717, 1.165) is 5.38 Å². The van der Waals surface area contributed by atoms with Gasteiger partial charge in [-0.05, 0) is 15.2 Å². The molecule has 0 rings (SSSR count). The molecule has 28 valence electrons. The highest BCUT2D eigenvalue weighted by molar-refractivity contribution is 7.99. The molecule has 0 heterocycles. The van der Waals surface area contributed by atoms with Gasteiger partial charge >= 0.3 is 0 Å². The maximum absolute atomic E-state index is 5.15. The third kappa shape index (κ3) is 4.35. The van der Waals surface area contributed by atoms with Crippen molar-refractivity contribution in [2.45, 2.75) is 0 Å². The van der Waals surface area contributed by atoms with E-state index < -0.39 is 0 Å². The van der Waals surface area contributed by atoms with E-state index >= 15 is 0 Å². The second kappa shape index (κ2) is 4.35. The third-order valence-corrected chi connectivity index (χ3v) is 2.05. The second-order valence-electron chi connectivity index (χ2n) is 0.637. The Morgan fingerprint density at radius 1 is 2.00 bits per heavy atom. The highest BCUT2D eigenvalue weighted by Crippen LogP contribution is 1.81. The predicted molar refractivity (Wildman–Crippen MR) is 29.1 cm³/mol. The van der Waals surface area contributed by atoms with Gasteiger partial charge in [0.15, 0.2) is 0 Å². The number of hydrogen-bond acceptors (Lipinski definition) is 1. The van der Waals surface area contributed by atoms with Crippen LogP contribution in [0, 0.1) is 6.00 Å². The van der Waals surface area contributed by atoms with Gasteiger partial charge in [0.1, 0.15) is 0 Å². The van der Waals surface area contributed by atoms with Gasteiger partial charge in [-0.25, -0.2) is 0 Å². The van der Waals surface area contributed by atoms with Crippen molar-refractivity contribution in [1.29, 1.82) is 0 Å². The summed E-state index contributed by atoms with van der Waals surface area (Å²) in [6, 6.07) is 5.15. The minimum absolute atomic E-state index is 0.621. The van der Waals surface area contributed by atoms with Gasteiger partial charge in [0.25, 0.3) is 0 Å². The quantitative estimate of drug-likeness (QED) is 0.437. The molecular formula is C3H6SSi. The molecule has 0 atom stereocenters. The minimum atomic E-state index is 0.621. The van der Waals surface area contributed by atoms with E-state index in [1.165, 1.54) is 0 Å². The van der Waals surface area contributed by atoms with Crippen LogP contribution in [0.5, 0.6) is 0 Å². The fourth-order valence-corrected chi connectivity index (χ4v) is 0.750. The lowest BCUT2D eigenvalue weighted by Gasteiger charge is -1.70. The summed E-state index contributed by atoms with van der Waals surface area (Å²) in [6.07, 6.45) is 2.06. The van der Waals surface area contributed by atoms with E-state index in [0.29, 0.717) is 8.96 Å². The van der Waals surface area contributed by atoms with E-state index in [2.05, 4.69) is 6.26 Å². The Morgan fingerprint density at radius 2 is 2.60 bits per heavy atom. The Labute approximate surface area is 39.1 Å². The van der Waals surface area contributed by atoms with Crippen molar-refractivity contribution in [2.75, 3.05) is 11.6 Å². The molecule has 0 bridgehead atoms. The van der Waals surface area contributed by atoms with Gasteiger partial charge in [-0.3, -0.25) is 0 Å². The molecule has 2 heteroatoms. The van der Waals surface area contributed by atoms with Crippen LogP contribution in [0.15, 0.2) is 0 Å². The molecule has 0 unspecified atom stereocenters. The van der Waals surface area contributed by atoms with E-state index in [4.69, 9.17) is 6.00 Å². The minimum Gasteiger partial charge on any atom is -0.159 e. The summed E-state index contributed by atoms with van der Waals surface area (Å²) in [7, 11) is 0.621. The molecule has 0 radical (unpaired) electrons. The number of rotatable bonds is 1. The fourth-order valence-electron chi connectivity index (χ4n) is 0.0833. The Morgan fingerprint density at radius 3 is 2.60 bits per heavy atom. The molecule has 0 N–H and O–H groups in total. The van der Waals surface area contributed by atoms with Crippen molar-refractivity contribution >= 4 is 20.7 Å². The highest BCUT2D eigenvalue weighted by atomic mass is 32.2. The standard InChI is InChI=1S/C3H6SSi/c1-4-3-5-2/h2H,3H2,1H3. The summed E-state index contributed by atoms with van der Waals surface area (Å²) >= 11 is 1.79. The molecule has 0 aliphatic heterocycles. The smallest absolute Gasteiger partial charge is 0.0315 e. The van der Waals surface area contributed by atoms with Gasteiger partial charge in [0.05, 0.1) is 0 Å². The van der Waals surface area contributed by atoms with Crippen molar-refractivity contribution in [3.8, 4) is 6.00 Å². The fraction of sp³-hybridized carbons (Fsp3) is 0.667. The van der Waals surface area contributed by atoms with Gasteiger partial charge in [-0.15, -0.1) is 0 Å². The molecule has 0 aliphatic rings. The number of hydrogen-bond donors (Lipinski definition) is 0. The average molecular weight is 102 g/mol. The molecule has 0 fully saturated rings. The Bertz CT molecular complexity index is 45.3. The molecule has 0 aliphatic carbocycles. The van der Waals surface area contributed by atoms with Crippen LogP contribution in [0.2, 0.25) is 0 Å². The van der Waals surface area contributed by atoms with Crippen LogP contribution in [0.1, 0.15) is 0 Å². The molecule has 0 saturated carbocycles. The largest absolute Gasteiger partial charge is 0.159 e. The first-order chi connectivity index (χ1) is 2.41. The van der Waals surface area contributed by atoms with Crippen LogP contribution in [-0.4, -0.2) is 20.6 Å². The van der Waals surface area contributed by atoms with Gasteiger partial charge < -0.3 is 0 Å². The van der Waals surface area contributed by atoms with Crippen molar-refractivity contribution < 1.29 is 0 Å². The zero-order valence-electron chi connectivity index (χ0n) is 3.19. The SMILES string of the molecule is C#[Si]CSC. The summed E-state index contributed by atoms with van der Waals surface area (Å²) in [4.78, 5) is 0. The van der Waals surface area contributed by atoms with Gasteiger partial charge in [-0.1, -0.05) is 0 Å². The van der Waals surface area contributed by atoms with Crippen molar-refractivity contribution in [2.24, 2.45) is 0 Å². The van der Waals surface area contributed by atoms with Crippen LogP contribution >= 0.6 is 11.8 Å². The molecule has 5 heavy (non-hydrogen) atoms. The lowest BCUT2D eigenvalue weighted by Crippen LogP contribution is -1.69.